The van der Waals surface area contributed by atoms with Gasteiger partial charge in [-0.2, -0.15) is 0 Å². The van der Waals surface area contributed by atoms with Gasteiger partial charge < -0.3 is 9.47 Å². The molecule has 0 bridgehead atoms. The molecule has 0 radical (unpaired) electrons. The Morgan fingerprint density at radius 2 is 1.96 bits per heavy atom. The Morgan fingerprint density at radius 1 is 1.22 bits per heavy atom. The highest BCUT2D eigenvalue weighted by atomic mass is 16.2. The van der Waals surface area contributed by atoms with E-state index in [1.807, 2.05) is 23.2 Å². The van der Waals surface area contributed by atoms with Gasteiger partial charge >= 0.3 is 0 Å². The first kappa shape index (κ1) is 14.9. The summed E-state index contributed by atoms with van der Waals surface area (Å²) in [5.74, 6) is 1.98. The van der Waals surface area contributed by atoms with E-state index in [0.717, 1.165) is 24.8 Å². The Balaban J connectivity index is 1.48. The van der Waals surface area contributed by atoms with Crippen molar-refractivity contribution in [3.63, 3.8) is 0 Å². The van der Waals surface area contributed by atoms with E-state index in [0.29, 0.717) is 24.8 Å². The van der Waals surface area contributed by atoms with Crippen LogP contribution in [0.1, 0.15) is 55.0 Å². The topological polar surface area (TPSA) is 41.4 Å². The summed E-state index contributed by atoms with van der Waals surface area (Å²) in [5.41, 5.74) is 0.610. The summed E-state index contributed by atoms with van der Waals surface area (Å²) in [6.45, 7) is 6.87. The van der Waals surface area contributed by atoms with Crippen molar-refractivity contribution in [3.8, 4) is 0 Å². The molecule has 3 aliphatic rings. The first-order chi connectivity index (χ1) is 11.2. The number of hydrogen-bond acceptors (Lipinski definition) is 3. The minimum Gasteiger partial charge on any atom is -0.331 e. The summed E-state index contributed by atoms with van der Waals surface area (Å²) in [6, 6.07) is 0.308. The SMILES string of the molecule is C[C@@H]1c2nc(C(=O)N3CC=CC3)cn2CCN1CC1CCCC1. The smallest absolute Gasteiger partial charge is 0.274 e. The second-order valence-corrected chi connectivity index (χ2v) is 7.18. The Bertz CT molecular complexity index is 607. The van der Waals surface area contributed by atoms with Gasteiger partial charge in [0, 0.05) is 38.9 Å². The molecule has 5 heteroatoms. The van der Waals surface area contributed by atoms with E-state index in [4.69, 9.17) is 4.98 Å². The van der Waals surface area contributed by atoms with E-state index in [2.05, 4.69) is 16.4 Å². The van der Waals surface area contributed by atoms with Gasteiger partial charge in [0.15, 0.2) is 0 Å². The molecular formula is C18H26N4O. The fraction of sp³-hybridized carbons (Fsp3) is 0.667. The Labute approximate surface area is 138 Å². The van der Waals surface area contributed by atoms with E-state index >= 15 is 0 Å². The minimum absolute atomic E-state index is 0.0615. The van der Waals surface area contributed by atoms with Crippen molar-refractivity contribution in [2.45, 2.75) is 45.2 Å². The molecule has 2 aliphatic heterocycles. The van der Waals surface area contributed by atoms with Crippen molar-refractivity contribution in [1.29, 1.82) is 0 Å². The second kappa shape index (κ2) is 6.11. The van der Waals surface area contributed by atoms with Crippen LogP contribution in [0.15, 0.2) is 18.3 Å². The molecule has 1 aromatic rings. The van der Waals surface area contributed by atoms with Crippen molar-refractivity contribution in [3.05, 3.63) is 29.9 Å². The van der Waals surface area contributed by atoms with Gasteiger partial charge in [-0.3, -0.25) is 9.69 Å². The molecule has 1 amide bonds. The Hall–Kier alpha value is -1.62. The highest BCUT2D eigenvalue weighted by Crippen LogP contribution is 2.31. The standard InChI is InChI=1S/C18H26N4O/c1-14-17-19-16(18(23)20-8-4-5-9-20)13-22(17)11-10-21(14)12-15-6-2-3-7-15/h4-5,13-15H,2-3,6-12H2,1H3/t14-/m1/s1. The van der Waals surface area contributed by atoms with Crippen LogP contribution >= 0.6 is 0 Å². The molecule has 0 spiro atoms. The van der Waals surface area contributed by atoms with Crippen LogP contribution in [-0.4, -0.2) is 51.4 Å². The van der Waals surface area contributed by atoms with Gasteiger partial charge in [0.25, 0.3) is 5.91 Å². The molecule has 0 saturated heterocycles. The van der Waals surface area contributed by atoms with Gasteiger partial charge in [0.05, 0.1) is 6.04 Å². The third-order valence-corrected chi connectivity index (χ3v) is 5.65. The molecule has 0 aromatic carbocycles. The van der Waals surface area contributed by atoms with Gasteiger partial charge in [0.2, 0.25) is 0 Å². The van der Waals surface area contributed by atoms with Crippen LogP contribution in [0.5, 0.6) is 0 Å². The molecule has 4 rings (SSSR count). The van der Waals surface area contributed by atoms with E-state index in [1.165, 1.54) is 32.2 Å². The largest absolute Gasteiger partial charge is 0.331 e. The molecule has 3 heterocycles. The fourth-order valence-corrected chi connectivity index (χ4v) is 4.22. The third kappa shape index (κ3) is 2.82. The normalized spacial score (nSPS) is 25.3. The number of aromatic nitrogens is 2. The Kier molecular flexibility index (Phi) is 3.97. The third-order valence-electron chi connectivity index (χ3n) is 5.65. The maximum Gasteiger partial charge on any atom is 0.274 e. The number of carbonyl (C=O) groups excluding carboxylic acids is 1. The van der Waals surface area contributed by atoms with Crippen molar-refractivity contribution in [2.75, 3.05) is 26.2 Å². The highest BCUT2D eigenvalue weighted by molar-refractivity contribution is 5.92. The number of amides is 1. The first-order valence-electron chi connectivity index (χ1n) is 8.98. The van der Waals surface area contributed by atoms with Gasteiger partial charge in [-0.05, 0) is 25.7 Å². The quantitative estimate of drug-likeness (QED) is 0.805. The molecule has 1 saturated carbocycles. The number of nitrogens with zero attached hydrogens (tertiary/aromatic N) is 4. The molecule has 23 heavy (non-hydrogen) atoms. The summed E-state index contributed by atoms with van der Waals surface area (Å²) in [4.78, 5) is 21.6. The first-order valence-corrected chi connectivity index (χ1v) is 8.98. The fourth-order valence-electron chi connectivity index (χ4n) is 4.22. The molecule has 1 aromatic heterocycles. The van der Waals surface area contributed by atoms with Crippen LogP contribution < -0.4 is 0 Å². The number of fused-ring (bicyclic) bond motifs is 1. The highest BCUT2D eigenvalue weighted by Gasteiger charge is 2.30. The van der Waals surface area contributed by atoms with E-state index in [-0.39, 0.29) is 5.91 Å². The summed E-state index contributed by atoms with van der Waals surface area (Å²) in [5, 5.41) is 0. The van der Waals surface area contributed by atoms with Gasteiger partial charge in [-0.1, -0.05) is 25.0 Å². The molecule has 124 valence electrons. The lowest BCUT2D eigenvalue weighted by atomic mass is 10.1. The monoisotopic (exact) mass is 314 g/mol. The molecular weight excluding hydrogens is 288 g/mol. The second-order valence-electron chi connectivity index (χ2n) is 7.18. The summed E-state index contributed by atoms with van der Waals surface area (Å²) in [6.07, 6.45) is 11.6. The number of hydrogen-bond donors (Lipinski definition) is 0. The van der Waals surface area contributed by atoms with Gasteiger partial charge in [-0.15, -0.1) is 0 Å². The van der Waals surface area contributed by atoms with E-state index in [1.54, 1.807) is 0 Å². The van der Waals surface area contributed by atoms with Crippen LogP contribution in [-0.2, 0) is 6.54 Å². The van der Waals surface area contributed by atoms with Gasteiger partial charge in [-0.25, -0.2) is 4.98 Å². The molecule has 0 unspecified atom stereocenters. The predicted molar refractivity (Wildman–Crippen MR) is 89.2 cm³/mol. The van der Waals surface area contributed by atoms with Crippen molar-refractivity contribution in [1.82, 2.24) is 19.4 Å². The van der Waals surface area contributed by atoms with Crippen LogP contribution in [0.2, 0.25) is 0 Å². The molecule has 0 N–H and O–H groups in total. The summed E-state index contributed by atoms with van der Waals surface area (Å²) < 4.78 is 2.19. The molecule has 1 aliphatic carbocycles. The number of carbonyl (C=O) groups is 1. The molecule has 5 nitrogen and oxygen atoms in total. The van der Waals surface area contributed by atoms with Crippen molar-refractivity contribution >= 4 is 5.91 Å². The van der Waals surface area contributed by atoms with E-state index < -0.39 is 0 Å². The molecule has 1 fully saturated rings. The van der Waals surface area contributed by atoms with Crippen molar-refractivity contribution in [2.24, 2.45) is 5.92 Å². The van der Waals surface area contributed by atoms with Crippen molar-refractivity contribution < 1.29 is 4.79 Å². The summed E-state index contributed by atoms with van der Waals surface area (Å²) in [7, 11) is 0. The summed E-state index contributed by atoms with van der Waals surface area (Å²) >= 11 is 0. The zero-order valence-electron chi connectivity index (χ0n) is 13.9. The zero-order chi connectivity index (χ0) is 15.8. The zero-order valence-corrected chi connectivity index (χ0v) is 13.9. The van der Waals surface area contributed by atoms with Gasteiger partial charge in [0.1, 0.15) is 11.5 Å². The predicted octanol–water partition coefficient (Wildman–Crippen LogP) is 2.46. The lowest BCUT2D eigenvalue weighted by Gasteiger charge is -2.35. The molecule has 1 atom stereocenters. The number of rotatable bonds is 3. The lowest BCUT2D eigenvalue weighted by molar-refractivity contribution is 0.0794. The maximum atomic E-state index is 12.5. The lowest BCUT2D eigenvalue weighted by Crippen LogP contribution is -2.39. The maximum absolute atomic E-state index is 12.5. The van der Waals surface area contributed by atoms with Crippen LogP contribution in [0, 0.1) is 5.92 Å². The minimum atomic E-state index is 0.0615. The average Bonchev–Trinajstić information content (AvgIpc) is 3.31. The number of imidazole rings is 1. The van der Waals surface area contributed by atoms with Crippen LogP contribution in [0.25, 0.3) is 0 Å². The van der Waals surface area contributed by atoms with Crippen LogP contribution in [0.4, 0.5) is 0 Å². The Morgan fingerprint density at radius 3 is 2.70 bits per heavy atom. The average molecular weight is 314 g/mol. The van der Waals surface area contributed by atoms with Crippen LogP contribution in [0.3, 0.4) is 0 Å². The van der Waals surface area contributed by atoms with E-state index in [9.17, 15) is 4.79 Å².